The van der Waals surface area contributed by atoms with Crippen LogP contribution in [-0.2, 0) is 0 Å². The van der Waals surface area contributed by atoms with Crippen LogP contribution in [0.15, 0.2) is 24.4 Å². The first-order valence-corrected chi connectivity index (χ1v) is 4.66. The van der Waals surface area contributed by atoms with E-state index in [0.29, 0.717) is 0 Å². The molecule has 0 saturated heterocycles. The molecule has 0 aliphatic carbocycles. The fraction of sp³-hybridized carbons (Fsp3) is 0.273. The summed E-state index contributed by atoms with van der Waals surface area (Å²) < 4.78 is 13.0. The molecule has 2 N–H and O–H groups in total. The van der Waals surface area contributed by atoms with E-state index in [9.17, 15) is 4.39 Å². The molecule has 0 unspecified atom stereocenters. The summed E-state index contributed by atoms with van der Waals surface area (Å²) >= 11 is 0. The van der Waals surface area contributed by atoms with Crippen LogP contribution in [0.1, 0.15) is 18.5 Å². The summed E-state index contributed by atoms with van der Waals surface area (Å²) in [7, 11) is 1.89. The molecule has 2 aromatic rings. The van der Waals surface area contributed by atoms with Gasteiger partial charge in [0.25, 0.3) is 0 Å². The van der Waals surface area contributed by atoms with Gasteiger partial charge >= 0.3 is 0 Å². The first-order chi connectivity index (χ1) is 6.72. The van der Waals surface area contributed by atoms with E-state index in [1.165, 1.54) is 6.07 Å². The van der Waals surface area contributed by atoms with Gasteiger partial charge in [0.1, 0.15) is 5.82 Å². The van der Waals surface area contributed by atoms with E-state index in [-0.39, 0.29) is 11.9 Å². The number of aromatic nitrogens is 1. The zero-order chi connectivity index (χ0) is 10.1. The Morgan fingerprint density at radius 1 is 1.43 bits per heavy atom. The largest absolute Gasteiger partial charge is 0.361 e. The van der Waals surface area contributed by atoms with Gasteiger partial charge in [-0.1, -0.05) is 0 Å². The van der Waals surface area contributed by atoms with Gasteiger partial charge in [-0.25, -0.2) is 4.39 Å². The van der Waals surface area contributed by atoms with Crippen LogP contribution in [0, 0.1) is 5.82 Å². The van der Waals surface area contributed by atoms with E-state index in [1.807, 2.05) is 20.2 Å². The van der Waals surface area contributed by atoms with Gasteiger partial charge in [-0.15, -0.1) is 0 Å². The molecule has 74 valence electrons. The first-order valence-electron chi connectivity index (χ1n) is 4.66. The second kappa shape index (κ2) is 3.42. The molecule has 2 rings (SSSR count). The molecule has 0 aliphatic rings. The summed E-state index contributed by atoms with van der Waals surface area (Å²) in [5.74, 6) is -0.193. The third-order valence-corrected chi connectivity index (χ3v) is 2.58. The normalized spacial score (nSPS) is 13.4. The SMILES string of the molecule is CN[C@@H](C)c1c[nH]c2ccc(F)cc12. The number of halogens is 1. The average Bonchev–Trinajstić information content (AvgIpc) is 2.59. The Bertz CT molecular complexity index is 447. The number of benzene rings is 1. The molecule has 1 aromatic heterocycles. The zero-order valence-corrected chi connectivity index (χ0v) is 8.26. The Kier molecular flexibility index (Phi) is 2.25. The van der Waals surface area contributed by atoms with E-state index >= 15 is 0 Å². The lowest BCUT2D eigenvalue weighted by atomic mass is 10.1. The molecular weight excluding hydrogens is 179 g/mol. The number of hydrogen-bond donors (Lipinski definition) is 2. The molecule has 0 amide bonds. The lowest BCUT2D eigenvalue weighted by molar-refractivity contribution is 0.628. The van der Waals surface area contributed by atoms with Crippen molar-refractivity contribution >= 4 is 10.9 Å². The van der Waals surface area contributed by atoms with Gasteiger partial charge in [-0.2, -0.15) is 0 Å². The van der Waals surface area contributed by atoms with Gasteiger partial charge in [0.05, 0.1) is 0 Å². The van der Waals surface area contributed by atoms with Gasteiger partial charge in [0.15, 0.2) is 0 Å². The second-order valence-electron chi connectivity index (χ2n) is 3.44. The number of H-pyrrole nitrogens is 1. The molecule has 0 fully saturated rings. The van der Waals surface area contributed by atoms with Gasteiger partial charge in [0, 0.05) is 23.1 Å². The first kappa shape index (κ1) is 9.21. The minimum Gasteiger partial charge on any atom is -0.361 e. The van der Waals surface area contributed by atoms with Crippen LogP contribution in [0.5, 0.6) is 0 Å². The fourth-order valence-corrected chi connectivity index (χ4v) is 1.63. The molecular formula is C11H13FN2. The molecule has 14 heavy (non-hydrogen) atoms. The maximum atomic E-state index is 13.0. The quantitative estimate of drug-likeness (QED) is 0.752. The molecule has 1 heterocycles. The number of nitrogens with one attached hydrogen (secondary N) is 2. The number of fused-ring (bicyclic) bond motifs is 1. The average molecular weight is 192 g/mol. The summed E-state index contributed by atoms with van der Waals surface area (Å²) in [6.07, 6.45) is 1.92. The standard InChI is InChI=1S/C11H13FN2/c1-7(13-2)10-6-14-11-4-3-8(12)5-9(10)11/h3-7,13-14H,1-2H3/t7-/m0/s1. The number of hydrogen-bond acceptors (Lipinski definition) is 1. The summed E-state index contributed by atoms with van der Waals surface area (Å²) in [6, 6.07) is 5.02. The number of aromatic amines is 1. The summed E-state index contributed by atoms with van der Waals surface area (Å²) in [6.45, 7) is 2.05. The maximum Gasteiger partial charge on any atom is 0.123 e. The van der Waals surface area contributed by atoms with Gasteiger partial charge in [0.2, 0.25) is 0 Å². The predicted molar refractivity (Wildman–Crippen MR) is 55.7 cm³/mol. The highest BCUT2D eigenvalue weighted by Gasteiger charge is 2.09. The van der Waals surface area contributed by atoms with Crippen molar-refractivity contribution in [1.82, 2.24) is 10.3 Å². The molecule has 0 saturated carbocycles. The van der Waals surface area contributed by atoms with Crippen molar-refractivity contribution in [3.8, 4) is 0 Å². The van der Waals surface area contributed by atoms with Gasteiger partial charge in [-0.3, -0.25) is 0 Å². The van der Waals surface area contributed by atoms with Crippen LogP contribution in [0.25, 0.3) is 10.9 Å². The zero-order valence-electron chi connectivity index (χ0n) is 8.26. The Morgan fingerprint density at radius 3 is 2.93 bits per heavy atom. The van der Waals surface area contributed by atoms with E-state index in [4.69, 9.17) is 0 Å². The molecule has 0 spiro atoms. The van der Waals surface area contributed by atoms with E-state index in [0.717, 1.165) is 16.5 Å². The smallest absolute Gasteiger partial charge is 0.123 e. The Labute approximate surface area is 82.1 Å². The van der Waals surface area contributed by atoms with Crippen molar-refractivity contribution in [2.75, 3.05) is 7.05 Å². The van der Waals surface area contributed by atoms with Crippen molar-refractivity contribution in [2.45, 2.75) is 13.0 Å². The van der Waals surface area contributed by atoms with Crippen molar-refractivity contribution in [2.24, 2.45) is 0 Å². The highest BCUT2D eigenvalue weighted by atomic mass is 19.1. The van der Waals surface area contributed by atoms with Crippen LogP contribution in [-0.4, -0.2) is 12.0 Å². The second-order valence-corrected chi connectivity index (χ2v) is 3.44. The maximum absolute atomic E-state index is 13.0. The minimum absolute atomic E-state index is 0.193. The molecule has 1 aromatic carbocycles. The van der Waals surface area contributed by atoms with Crippen molar-refractivity contribution in [1.29, 1.82) is 0 Å². The van der Waals surface area contributed by atoms with Crippen LogP contribution in [0.2, 0.25) is 0 Å². The molecule has 0 bridgehead atoms. The van der Waals surface area contributed by atoms with E-state index < -0.39 is 0 Å². The Balaban J connectivity index is 2.61. The van der Waals surface area contributed by atoms with Crippen LogP contribution in [0.3, 0.4) is 0 Å². The lowest BCUT2D eigenvalue weighted by Crippen LogP contribution is -2.11. The third-order valence-electron chi connectivity index (χ3n) is 2.58. The van der Waals surface area contributed by atoms with Gasteiger partial charge < -0.3 is 10.3 Å². The summed E-state index contributed by atoms with van der Waals surface area (Å²) in [5, 5.41) is 4.09. The van der Waals surface area contributed by atoms with Crippen molar-refractivity contribution in [3.63, 3.8) is 0 Å². The monoisotopic (exact) mass is 192 g/mol. The Morgan fingerprint density at radius 2 is 2.21 bits per heavy atom. The van der Waals surface area contributed by atoms with Crippen LogP contribution < -0.4 is 5.32 Å². The molecule has 0 aliphatic heterocycles. The topological polar surface area (TPSA) is 27.8 Å². The number of rotatable bonds is 2. The van der Waals surface area contributed by atoms with E-state index in [1.54, 1.807) is 12.1 Å². The minimum atomic E-state index is -0.193. The predicted octanol–water partition coefficient (Wildman–Crippen LogP) is 2.59. The van der Waals surface area contributed by atoms with Crippen molar-refractivity contribution in [3.05, 3.63) is 35.8 Å². The molecule has 3 heteroatoms. The fourth-order valence-electron chi connectivity index (χ4n) is 1.63. The van der Waals surface area contributed by atoms with Crippen LogP contribution >= 0.6 is 0 Å². The molecule has 1 atom stereocenters. The summed E-state index contributed by atoms with van der Waals surface area (Å²) in [4.78, 5) is 3.12. The lowest BCUT2D eigenvalue weighted by Gasteiger charge is -2.08. The highest BCUT2D eigenvalue weighted by Crippen LogP contribution is 2.24. The highest BCUT2D eigenvalue weighted by molar-refractivity contribution is 5.83. The summed E-state index contributed by atoms with van der Waals surface area (Å²) in [5.41, 5.74) is 2.07. The van der Waals surface area contributed by atoms with E-state index in [2.05, 4.69) is 10.3 Å². The molecule has 0 radical (unpaired) electrons. The Hall–Kier alpha value is -1.35. The molecule has 2 nitrogen and oxygen atoms in total. The van der Waals surface area contributed by atoms with Crippen molar-refractivity contribution < 1.29 is 4.39 Å². The third kappa shape index (κ3) is 1.40. The van der Waals surface area contributed by atoms with Gasteiger partial charge in [-0.05, 0) is 37.7 Å². The van der Waals surface area contributed by atoms with Crippen LogP contribution in [0.4, 0.5) is 4.39 Å².